The first kappa shape index (κ1) is 23.3. The minimum Gasteiger partial charge on any atom is -0.497 e. The van der Waals surface area contributed by atoms with Gasteiger partial charge in [0.05, 0.1) is 24.4 Å². The lowest BCUT2D eigenvalue weighted by atomic mass is 9.84. The van der Waals surface area contributed by atoms with Gasteiger partial charge in [-0.3, -0.25) is 4.79 Å². The largest absolute Gasteiger partial charge is 0.497 e. The van der Waals surface area contributed by atoms with Crippen LogP contribution in [0, 0.1) is 6.92 Å². The molecule has 34 heavy (non-hydrogen) atoms. The molecule has 11 heteroatoms. The third-order valence-electron chi connectivity index (χ3n) is 5.94. The number of rotatable bonds is 4. The minimum absolute atomic E-state index is 0.00147. The molecule has 0 saturated carbocycles. The van der Waals surface area contributed by atoms with Gasteiger partial charge < -0.3 is 9.84 Å². The Morgan fingerprint density at radius 2 is 1.94 bits per heavy atom. The molecule has 0 amide bonds. The monoisotopic (exact) mass is 475 g/mol. The number of carboxylic acids is 1. The van der Waals surface area contributed by atoms with Crippen LogP contribution in [0.3, 0.4) is 0 Å². The Labute approximate surface area is 190 Å². The molecule has 178 valence electrons. The number of hydrogen-bond acceptors (Lipinski definition) is 5. The molecule has 0 bridgehead atoms. The van der Waals surface area contributed by atoms with Crippen LogP contribution in [0.5, 0.6) is 5.75 Å². The van der Waals surface area contributed by atoms with E-state index < -0.39 is 40.7 Å². The molecule has 1 heterocycles. The first-order valence-electron chi connectivity index (χ1n) is 10.4. The standard InChI is InChI=1S/C23H20F3N3O5/c1-12-11-13(34-2)9-10-17(12)29-22(33)28(20(30)19(27-29)21(31)32)18-8-4-5-14-15(18)6-3-7-16(14)23(24,25)26/h3,6-7,9-11,18H,4-5,8H2,1-2H3,(H,31,32). The van der Waals surface area contributed by atoms with Crippen LogP contribution in [-0.2, 0) is 12.6 Å². The Kier molecular flexibility index (Phi) is 5.80. The summed E-state index contributed by atoms with van der Waals surface area (Å²) in [4.78, 5) is 38.3. The van der Waals surface area contributed by atoms with E-state index in [1.165, 1.54) is 31.4 Å². The molecule has 1 unspecified atom stereocenters. The summed E-state index contributed by atoms with van der Waals surface area (Å²) >= 11 is 0. The normalized spacial score (nSPS) is 15.6. The van der Waals surface area contributed by atoms with Crippen LogP contribution in [-0.4, -0.2) is 32.5 Å². The van der Waals surface area contributed by atoms with Crippen LogP contribution in [0.4, 0.5) is 13.2 Å². The van der Waals surface area contributed by atoms with Crippen molar-refractivity contribution in [1.82, 2.24) is 14.3 Å². The fraction of sp³-hybridized carbons (Fsp3) is 0.304. The zero-order chi connectivity index (χ0) is 24.8. The van der Waals surface area contributed by atoms with Crippen LogP contribution < -0.4 is 16.0 Å². The van der Waals surface area contributed by atoms with Gasteiger partial charge in [-0.25, -0.2) is 14.2 Å². The molecule has 0 aliphatic heterocycles. The van der Waals surface area contributed by atoms with Crippen molar-refractivity contribution in [3.8, 4) is 11.4 Å². The number of aryl methyl sites for hydroxylation is 1. The van der Waals surface area contributed by atoms with Gasteiger partial charge in [-0.15, -0.1) is 0 Å². The number of carbonyl (C=O) groups is 1. The molecule has 3 aromatic rings. The number of benzene rings is 2. The summed E-state index contributed by atoms with van der Waals surface area (Å²) in [5.74, 6) is -1.17. The quantitative estimate of drug-likeness (QED) is 0.621. The Morgan fingerprint density at radius 1 is 1.21 bits per heavy atom. The predicted molar refractivity (Wildman–Crippen MR) is 115 cm³/mol. The topological polar surface area (TPSA) is 103 Å². The smallest absolute Gasteiger partial charge is 0.416 e. The number of hydrogen-bond donors (Lipinski definition) is 1. The van der Waals surface area contributed by atoms with Crippen molar-refractivity contribution in [2.75, 3.05) is 7.11 Å². The Bertz CT molecular complexity index is 1410. The summed E-state index contributed by atoms with van der Waals surface area (Å²) in [7, 11) is 1.46. The number of alkyl halides is 3. The van der Waals surface area contributed by atoms with Crippen LogP contribution in [0.1, 0.15) is 51.6 Å². The van der Waals surface area contributed by atoms with Crippen molar-refractivity contribution in [2.45, 2.75) is 38.4 Å². The van der Waals surface area contributed by atoms with Crippen molar-refractivity contribution in [1.29, 1.82) is 0 Å². The van der Waals surface area contributed by atoms with Gasteiger partial charge in [0.25, 0.3) is 5.56 Å². The summed E-state index contributed by atoms with van der Waals surface area (Å²) in [5, 5.41) is 13.4. The predicted octanol–water partition coefficient (Wildman–Crippen LogP) is 3.35. The maximum Gasteiger partial charge on any atom is 0.416 e. The summed E-state index contributed by atoms with van der Waals surface area (Å²) in [6, 6.07) is 7.16. The van der Waals surface area contributed by atoms with Crippen LogP contribution in [0.2, 0.25) is 0 Å². The molecule has 2 aromatic carbocycles. The third kappa shape index (κ3) is 3.87. The molecular weight excluding hydrogens is 455 g/mol. The average molecular weight is 475 g/mol. The average Bonchev–Trinajstić information content (AvgIpc) is 2.78. The molecule has 0 fully saturated rings. The number of ether oxygens (including phenoxy) is 1. The molecule has 4 rings (SSSR count). The summed E-state index contributed by atoms with van der Waals surface area (Å²) in [5.41, 5.74) is -2.97. The zero-order valence-corrected chi connectivity index (χ0v) is 18.2. The highest BCUT2D eigenvalue weighted by Crippen LogP contribution is 2.40. The van der Waals surface area contributed by atoms with E-state index in [0.29, 0.717) is 15.9 Å². The Morgan fingerprint density at radius 3 is 2.56 bits per heavy atom. The number of fused-ring (bicyclic) bond motifs is 1. The van der Waals surface area contributed by atoms with Crippen molar-refractivity contribution < 1.29 is 27.8 Å². The van der Waals surface area contributed by atoms with Crippen LogP contribution in [0.15, 0.2) is 46.0 Å². The van der Waals surface area contributed by atoms with E-state index in [1.54, 1.807) is 13.0 Å². The fourth-order valence-corrected chi connectivity index (χ4v) is 4.40. The van der Waals surface area contributed by atoms with Crippen molar-refractivity contribution in [3.63, 3.8) is 0 Å². The van der Waals surface area contributed by atoms with Gasteiger partial charge in [-0.2, -0.15) is 23.0 Å². The highest BCUT2D eigenvalue weighted by Gasteiger charge is 2.37. The van der Waals surface area contributed by atoms with Crippen LogP contribution >= 0.6 is 0 Å². The maximum atomic E-state index is 13.6. The summed E-state index contributed by atoms with van der Waals surface area (Å²) in [6.07, 6.45) is -4.01. The fourth-order valence-electron chi connectivity index (χ4n) is 4.40. The lowest BCUT2D eigenvalue weighted by Crippen LogP contribution is -2.47. The van der Waals surface area contributed by atoms with Crippen LogP contribution in [0.25, 0.3) is 5.69 Å². The first-order chi connectivity index (χ1) is 16.0. The van der Waals surface area contributed by atoms with E-state index in [9.17, 15) is 32.7 Å². The molecule has 1 N–H and O–H groups in total. The molecule has 0 radical (unpaired) electrons. The molecule has 0 saturated heterocycles. The lowest BCUT2D eigenvalue weighted by molar-refractivity contribution is -0.138. The number of carboxylic acid groups (broad SMARTS) is 1. The van der Waals surface area contributed by atoms with E-state index in [2.05, 4.69) is 5.10 Å². The summed E-state index contributed by atoms with van der Waals surface area (Å²) in [6.45, 7) is 1.65. The van der Waals surface area contributed by atoms with Gasteiger partial charge in [0.2, 0.25) is 5.69 Å². The van der Waals surface area contributed by atoms with E-state index in [-0.39, 0.29) is 36.1 Å². The Hall–Kier alpha value is -3.89. The third-order valence-corrected chi connectivity index (χ3v) is 5.94. The van der Waals surface area contributed by atoms with Gasteiger partial charge in [-0.1, -0.05) is 12.1 Å². The molecule has 8 nitrogen and oxygen atoms in total. The highest BCUT2D eigenvalue weighted by molar-refractivity contribution is 5.84. The van der Waals surface area contributed by atoms with E-state index >= 15 is 0 Å². The second kappa shape index (κ2) is 8.47. The molecule has 1 aromatic heterocycles. The van der Waals surface area contributed by atoms with Crippen molar-refractivity contribution >= 4 is 5.97 Å². The SMILES string of the molecule is COc1ccc(-n2nc(C(=O)O)c(=O)n(C3CCCc4c3cccc4C(F)(F)F)c2=O)c(C)c1. The molecule has 0 spiro atoms. The second-order valence-corrected chi connectivity index (χ2v) is 7.95. The second-order valence-electron chi connectivity index (χ2n) is 7.95. The minimum atomic E-state index is -4.61. The molecule has 1 atom stereocenters. The number of methoxy groups -OCH3 is 1. The molecule has 1 aliphatic carbocycles. The van der Waals surface area contributed by atoms with E-state index in [4.69, 9.17) is 4.74 Å². The van der Waals surface area contributed by atoms with Gasteiger partial charge in [-0.05, 0) is 67.1 Å². The maximum absolute atomic E-state index is 13.6. The van der Waals surface area contributed by atoms with Gasteiger partial charge >= 0.3 is 17.8 Å². The van der Waals surface area contributed by atoms with E-state index in [1.807, 2.05) is 0 Å². The van der Waals surface area contributed by atoms with Gasteiger partial charge in [0, 0.05) is 0 Å². The summed E-state index contributed by atoms with van der Waals surface area (Å²) < 4.78 is 47.4. The first-order valence-corrected chi connectivity index (χ1v) is 10.4. The lowest BCUT2D eigenvalue weighted by Gasteiger charge is -2.29. The van der Waals surface area contributed by atoms with Gasteiger partial charge in [0.15, 0.2) is 0 Å². The number of nitrogens with zero attached hydrogens (tertiary/aromatic N) is 3. The number of aromatic carboxylic acids is 1. The van der Waals surface area contributed by atoms with Crippen molar-refractivity contribution in [2.24, 2.45) is 0 Å². The number of halogens is 3. The van der Waals surface area contributed by atoms with Gasteiger partial charge in [0.1, 0.15) is 5.75 Å². The number of aromatic nitrogens is 3. The Balaban J connectivity index is 2.01. The highest BCUT2D eigenvalue weighted by atomic mass is 19.4. The van der Waals surface area contributed by atoms with Crippen molar-refractivity contribution in [3.05, 3.63) is 85.2 Å². The molecule has 1 aliphatic rings. The van der Waals surface area contributed by atoms with E-state index in [0.717, 1.165) is 10.7 Å². The molecular formula is C23H20F3N3O5. The zero-order valence-electron chi connectivity index (χ0n) is 18.2.